The number of amides is 1. The Bertz CT molecular complexity index is 1130. The van der Waals surface area contributed by atoms with Crippen molar-refractivity contribution in [1.82, 2.24) is 5.32 Å². The van der Waals surface area contributed by atoms with Crippen LogP contribution in [0.4, 0.5) is 0 Å². The fourth-order valence-corrected chi connectivity index (χ4v) is 6.72. The molecular formula is C52H89NO5. The van der Waals surface area contributed by atoms with Crippen molar-refractivity contribution in [3.63, 3.8) is 0 Å². The maximum Gasteiger partial charge on any atom is 0.306 e. The lowest BCUT2D eigenvalue weighted by Gasteiger charge is -2.23. The van der Waals surface area contributed by atoms with Crippen molar-refractivity contribution >= 4 is 11.9 Å². The zero-order chi connectivity index (χ0) is 42.4. The first-order chi connectivity index (χ1) is 28.5. The number of unbranched alkanes of at least 4 members (excludes halogenated alkanes) is 21. The molecule has 0 aliphatic rings. The standard InChI is InChI=1S/C52H89NO5/c1-4-7-10-13-16-19-22-24-25-27-29-32-35-38-41-44-50(55)49(47-54)53-51(56)46-48(43-40-37-34-31-28-21-18-15-12-9-6-3)58-52(57)45-42-39-36-33-30-26-23-20-17-14-11-8-5-2/h8,11,14,17,20,23,26,30-31,33-34,36,40,43,48-50,54-55H,4-7,9-10,12-13,15-16,18-19,21-22,24-25,27-29,32,35,37-39,41-42,44-47H2,1-3H3,(H,53,56)/b11-8+,17-14+,23-20-,30-26-,34-31-,36-33+,43-40+. The SMILES string of the molecule is CC/C=C/C=C/C=C\C=C/C=C/CCCC(=O)OC(/C=C/C/C=C\CCCCCCCC)CC(=O)NC(CO)C(O)CCCCCCCCCCCCCCCCC. The lowest BCUT2D eigenvalue weighted by Crippen LogP contribution is -2.46. The highest BCUT2D eigenvalue weighted by atomic mass is 16.5. The first-order valence-corrected chi connectivity index (χ1v) is 23.9. The molecule has 0 aliphatic carbocycles. The van der Waals surface area contributed by atoms with Gasteiger partial charge in [-0.1, -0.05) is 228 Å². The Morgan fingerprint density at radius 3 is 1.57 bits per heavy atom. The largest absolute Gasteiger partial charge is 0.458 e. The van der Waals surface area contributed by atoms with Gasteiger partial charge >= 0.3 is 5.97 Å². The van der Waals surface area contributed by atoms with E-state index in [9.17, 15) is 19.8 Å². The molecule has 0 saturated heterocycles. The van der Waals surface area contributed by atoms with Crippen LogP contribution in [0, 0.1) is 0 Å². The Hall–Kier alpha value is -2.96. The van der Waals surface area contributed by atoms with Gasteiger partial charge in [-0.05, 0) is 51.0 Å². The molecular weight excluding hydrogens is 719 g/mol. The molecule has 0 aromatic rings. The second-order valence-corrected chi connectivity index (χ2v) is 15.9. The van der Waals surface area contributed by atoms with Gasteiger partial charge in [-0.3, -0.25) is 9.59 Å². The minimum absolute atomic E-state index is 0.0613. The molecule has 6 heteroatoms. The smallest absolute Gasteiger partial charge is 0.306 e. The van der Waals surface area contributed by atoms with E-state index in [2.05, 4.69) is 44.3 Å². The van der Waals surface area contributed by atoms with E-state index >= 15 is 0 Å². The monoisotopic (exact) mass is 808 g/mol. The van der Waals surface area contributed by atoms with E-state index in [0.29, 0.717) is 19.3 Å². The van der Waals surface area contributed by atoms with Gasteiger partial charge in [0.1, 0.15) is 6.10 Å². The number of rotatable bonds is 41. The molecule has 0 aromatic carbocycles. The molecule has 0 saturated carbocycles. The summed E-state index contributed by atoms with van der Waals surface area (Å²) in [5, 5.41) is 23.6. The van der Waals surface area contributed by atoms with Crippen LogP contribution in [0.15, 0.2) is 85.1 Å². The molecule has 3 unspecified atom stereocenters. The molecule has 58 heavy (non-hydrogen) atoms. The van der Waals surface area contributed by atoms with Crippen molar-refractivity contribution in [3.8, 4) is 0 Å². The number of carbonyl (C=O) groups excluding carboxylic acids is 2. The van der Waals surface area contributed by atoms with E-state index in [1.165, 1.54) is 116 Å². The van der Waals surface area contributed by atoms with Crippen LogP contribution in [0.1, 0.15) is 207 Å². The van der Waals surface area contributed by atoms with Crippen LogP contribution in [-0.4, -0.2) is 46.9 Å². The van der Waals surface area contributed by atoms with Crippen LogP contribution in [0.2, 0.25) is 0 Å². The number of ether oxygens (including phenoxy) is 1. The average molecular weight is 808 g/mol. The molecule has 1 amide bonds. The van der Waals surface area contributed by atoms with Crippen LogP contribution < -0.4 is 5.32 Å². The Balaban J connectivity index is 4.73. The molecule has 3 atom stereocenters. The lowest BCUT2D eigenvalue weighted by molar-refractivity contribution is -0.148. The highest BCUT2D eigenvalue weighted by Gasteiger charge is 2.23. The van der Waals surface area contributed by atoms with E-state index in [0.717, 1.165) is 38.5 Å². The Kier molecular flexibility index (Phi) is 42.8. The van der Waals surface area contributed by atoms with Crippen LogP contribution in [-0.2, 0) is 14.3 Å². The minimum atomic E-state index is -0.826. The maximum absolute atomic E-state index is 13.1. The second-order valence-electron chi connectivity index (χ2n) is 15.9. The van der Waals surface area contributed by atoms with Gasteiger partial charge in [-0.25, -0.2) is 0 Å². The van der Waals surface area contributed by atoms with Gasteiger partial charge < -0.3 is 20.3 Å². The van der Waals surface area contributed by atoms with E-state index in [4.69, 9.17) is 4.74 Å². The second kappa shape index (κ2) is 45.1. The fourth-order valence-electron chi connectivity index (χ4n) is 6.72. The van der Waals surface area contributed by atoms with Crippen molar-refractivity contribution in [1.29, 1.82) is 0 Å². The number of allylic oxidation sites excluding steroid dienone is 13. The van der Waals surface area contributed by atoms with Crippen molar-refractivity contribution in [2.45, 2.75) is 225 Å². The molecule has 6 nitrogen and oxygen atoms in total. The summed E-state index contributed by atoms with van der Waals surface area (Å²) >= 11 is 0. The molecule has 0 spiro atoms. The summed E-state index contributed by atoms with van der Waals surface area (Å²) in [5.74, 6) is -0.698. The quantitative estimate of drug-likeness (QED) is 0.0247. The third-order valence-corrected chi connectivity index (χ3v) is 10.3. The third-order valence-electron chi connectivity index (χ3n) is 10.3. The molecule has 3 N–H and O–H groups in total. The van der Waals surface area contributed by atoms with E-state index in [-0.39, 0.29) is 31.3 Å². The van der Waals surface area contributed by atoms with Crippen molar-refractivity contribution < 1.29 is 24.5 Å². The van der Waals surface area contributed by atoms with Crippen LogP contribution in [0.3, 0.4) is 0 Å². The molecule has 0 fully saturated rings. The predicted molar refractivity (Wildman–Crippen MR) is 250 cm³/mol. The van der Waals surface area contributed by atoms with Crippen LogP contribution >= 0.6 is 0 Å². The van der Waals surface area contributed by atoms with Gasteiger partial charge in [0.25, 0.3) is 0 Å². The predicted octanol–water partition coefficient (Wildman–Crippen LogP) is 14.0. The number of aliphatic hydroxyl groups excluding tert-OH is 2. The molecule has 0 rings (SSSR count). The molecule has 0 radical (unpaired) electrons. The fraction of sp³-hybridized carbons (Fsp3) is 0.692. The molecule has 0 bridgehead atoms. The lowest BCUT2D eigenvalue weighted by atomic mass is 10.0. The van der Waals surface area contributed by atoms with E-state index in [1.54, 1.807) is 6.08 Å². The summed E-state index contributed by atoms with van der Waals surface area (Å²) in [6.45, 7) is 6.27. The maximum atomic E-state index is 13.1. The van der Waals surface area contributed by atoms with Gasteiger partial charge in [0, 0.05) is 6.42 Å². The topological polar surface area (TPSA) is 95.9 Å². The van der Waals surface area contributed by atoms with Crippen molar-refractivity contribution in [2.75, 3.05) is 6.61 Å². The highest BCUT2D eigenvalue weighted by molar-refractivity contribution is 5.78. The number of carbonyl (C=O) groups is 2. The van der Waals surface area contributed by atoms with Crippen molar-refractivity contribution in [2.24, 2.45) is 0 Å². The average Bonchev–Trinajstić information content (AvgIpc) is 3.22. The third kappa shape index (κ3) is 39.8. The zero-order valence-electron chi connectivity index (χ0n) is 37.6. The zero-order valence-corrected chi connectivity index (χ0v) is 37.6. The summed E-state index contributed by atoms with van der Waals surface area (Å²) in [6.07, 6.45) is 58.2. The van der Waals surface area contributed by atoms with E-state index in [1.807, 2.05) is 60.8 Å². The Morgan fingerprint density at radius 1 is 0.552 bits per heavy atom. The molecule has 0 aromatic heterocycles. The summed E-state index contributed by atoms with van der Waals surface area (Å²) in [4.78, 5) is 25.9. The number of aliphatic hydroxyl groups is 2. The van der Waals surface area contributed by atoms with Gasteiger partial charge in [0.05, 0.1) is 25.2 Å². The summed E-state index contributed by atoms with van der Waals surface area (Å²) in [6, 6.07) is -0.750. The number of hydrogen-bond donors (Lipinski definition) is 3. The van der Waals surface area contributed by atoms with Gasteiger partial charge in [-0.2, -0.15) is 0 Å². The Morgan fingerprint density at radius 2 is 1.03 bits per heavy atom. The van der Waals surface area contributed by atoms with Crippen LogP contribution in [0.5, 0.6) is 0 Å². The van der Waals surface area contributed by atoms with Crippen molar-refractivity contribution in [3.05, 3.63) is 85.1 Å². The first kappa shape index (κ1) is 55.0. The highest BCUT2D eigenvalue weighted by Crippen LogP contribution is 2.15. The van der Waals surface area contributed by atoms with Gasteiger partial charge in [0.15, 0.2) is 0 Å². The summed E-state index contributed by atoms with van der Waals surface area (Å²) in [7, 11) is 0. The molecule has 0 aliphatic heterocycles. The normalized spacial score (nSPS) is 14.1. The number of nitrogens with one attached hydrogen (secondary N) is 1. The first-order valence-electron chi connectivity index (χ1n) is 23.9. The summed E-state index contributed by atoms with van der Waals surface area (Å²) in [5.41, 5.74) is 0. The Labute approximate surface area is 357 Å². The molecule has 0 heterocycles. The van der Waals surface area contributed by atoms with Gasteiger partial charge in [0.2, 0.25) is 5.91 Å². The summed E-state index contributed by atoms with van der Waals surface area (Å²) < 4.78 is 5.76. The molecule has 332 valence electrons. The van der Waals surface area contributed by atoms with Crippen LogP contribution in [0.25, 0.3) is 0 Å². The van der Waals surface area contributed by atoms with Gasteiger partial charge in [-0.15, -0.1) is 0 Å². The number of hydrogen-bond acceptors (Lipinski definition) is 5. The minimum Gasteiger partial charge on any atom is -0.458 e. The number of esters is 1. The van der Waals surface area contributed by atoms with E-state index < -0.39 is 18.2 Å².